The first-order chi connectivity index (χ1) is 19.3. The Labute approximate surface area is 234 Å². The summed E-state index contributed by atoms with van der Waals surface area (Å²) in [6, 6.07) is 21.1. The molecule has 3 aromatic carbocycles. The standard InChI is InChI=1S/C32H37FN4O3/c1-4-40-30-12-8-7-11-29(30)35-32(39)37(20-23(2)3)22-31(38)36(21-24-13-15-26(33)16-14-24)18-17-25-19-34-28-10-6-5-9-27(25)28/h5-16,19,23,34H,4,17-18,20-22H2,1-3H3,(H,35,39). The number of H-pyrrole nitrogens is 1. The fourth-order valence-electron chi connectivity index (χ4n) is 4.66. The zero-order chi connectivity index (χ0) is 28.5. The molecule has 40 heavy (non-hydrogen) atoms. The summed E-state index contributed by atoms with van der Waals surface area (Å²) in [6.07, 6.45) is 2.61. The van der Waals surface area contributed by atoms with Crippen molar-refractivity contribution in [2.45, 2.75) is 33.7 Å². The number of amides is 3. The molecule has 0 spiro atoms. The lowest BCUT2D eigenvalue weighted by Crippen LogP contribution is -2.46. The second-order valence-corrected chi connectivity index (χ2v) is 10.2. The molecule has 4 aromatic rings. The van der Waals surface area contributed by atoms with E-state index >= 15 is 0 Å². The number of halogens is 1. The van der Waals surface area contributed by atoms with Crippen LogP contribution >= 0.6 is 0 Å². The Morgan fingerprint density at radius 1 is 0.975 bits per heavy atom. The molecular formula is C32H37FN4O3. The van der Waals surface area contributed by atoms with Crippen molar-refractivity contribution in [3.63, 3.8) is 0 Å². The molecule has 0 saturated carbocycles. The minimum absolute atomic E-state index is 0.0874. The van der Waals surface area contributed by atoms with Gasteiger partial charge in [0.2, 0.25) is 5.91 Å². The molecule has 7 nitrogen and oxygen atoms in total. The highest BCUT2D eigenvalue weighted by Gasteiger charge is 2.23. The zero-order valence-electron chi connectivity index (χ0n) is 23.3. The highest BCUT2D eigenvalue weighted by Crippen LogP contribution is 2.24. The molecule has 0 unspecified atom stereocenters. The van der Waals surface area contributed by atoms with Crippen molar-refractivity contribution in [3.05, 3.63) is 95.9 Å². The molecular weight excluding hydrogens is 507 g/mol. The molecule has 0 aliphatic carbocycles. The van der Waals surface area contributed by atoms with Crippen LogP contribution in [0, 0.1) is 11.7 Å². The molecule has 2 N–H and O–H groups in total. The fraction of sp³-hybridized carbons (Fsp3) is 0.312. The van der Waals surface area contributed by atoms with E-state index in [-0.39, 0.29) is 30.2 Å². The highest BCUT2D eigenvalue weighted by atomic mass is 19.1. The maximum absolute atomic E-state index is 13.8. The maximum atomic E-state index is 13.8. The third kappa shape index (κ3) is 7.62. The molecule has 1 aromatic heterocycles. The van der Waals surface area contributed by atoms with Crippen molar-refractivity contribution in [1.82, 2.24) is 14.8 Å². The monoisotopic (exact) mass is 544 g/mol. The smallest absolute Gasteiger partial charge is 0.322 e. The fourth-order valence-corrected chi connectivity index (χ4v) is 4.66. The van der Waals surface area contributed by atoms with Crippen LogP contribution in [-0.4, -0.2) is 53.0 Å². The van der Waals surface area contributed by atoms with E-state index in [9.17, 15) is 14.0 Å². The predicted octanol–water partition coefficient (Wildman–Crippen LogP) is 6.47. The lowest BCUT2D eigenvalue weighted by atomic mass is 10.1. The van der Waals surface area contributed by atoms with E-state index < -0.39 is 0 Å². The Hall–Kier alpha value is -4.33. The number of urea groups is 1. The molecule has 4 rings (SSSR count). The maximum Gasteiger partial charge on any atom is 0.322 e. The SMILES string of the molecule is CCOc1ccccc1NC(=O)N(CC(=O)N(CCc1c[nH]c2ccccc12)Cc1ccc(F)cc1)CC(C)C. The third-order valence-corrected chi connectivity index (χ3v) is 6.59. The minimum Gasteiger partial charge on any atom is -0.492 e. The largest absolute Gasteiger partial charge is 0.492 e. The first-order valence-corrected chi connectivity index (χ1v) is 13.7. The highest BCUT2D eigenvalue weighted by molar-refractivity contribution is 5.93. The lowest BCUT2D eigenvalue weighted by molar-refractivity contribution is -0.132. The summed E-state index contributed by atoms with van der Waals surface area (Å²) in [5, 5.41) is 4.04. The number of fused-ring (bicyclic) bond motifs is 1. The number of benzene rings is 3. The molecule has 0 aliphatic heterocycles. The van der Waals surface area contributed by atoms with E-state index in [0.717, 1.165) is 22.0 Å². The Bertz CT molecular complexity index is 1420. The molecule has 8 heteroatoms. The van der Waals surface area contributed by atoms with Crippen LogP contribution in [0.1, 0.15) is 31.9 Å². The van der Waals surface area contributed by atoms with Gasteiger partial charge in [0.1, 0.15) is 18.1 Å². The number of para-hydroxylation sites is 3. The second kappa shape index (κ2) is 13.6. The number of aromatic nitrogens is 1. The summed E-state index contributed by atoms with van der Waals surface area (Å²) in [4.78, 5) is 33.7. The number of nitrogens with one attached hydrogen (secondary N) is 2. The molecule has 0 saturated heterocycles. The number of hydrogen-bond donors (Lipinski definition) is 2. The van der Waals surface area contributed by atoms with Crippen LogP contribution in [-0.2, 0) is 17.8 Å². The van der Waals surface area contributed by atoms with Gasteiger partial charge in [0.05, 0.1) is 12.3 Å². The number of nitrogens with zero attached hydrogens (tertiary/aromatic N) is 2. The Balaban J connectivity index is 1.52. The van der Waals surface area contributed by atoms with Gasteiger partial charge >= 0.3 is 6.03 Å². The summed E-state index contributed by atoms with van der Waals surface area (Å²) in [5.74, 6) is 0.217. The van der Waals surface area contributed by atoms with Crippen LogP contribution in [0.25, 0.3) is 10.9 Å². The van der Waals surface area contributed by atoms with Crippen molar-refractivity contribution in [3.8, 4) is 5.75 Å². The molecule has 0 bridgehead atoms. The van der Waals surface area contributed by atoms with Gasteiger partial charge in [-0.3, -0.25) is 4.79 Å². The predicted molar refractivity (Wildman–Crippen MR) is 157 cm³/mol. The number of carbonyl (C=O) groups excluding carboxylic acids is 2. The normalized spacial score (nSPS) is 11.0. The van der Waals surface area contributed by atoms with E-state index in [2.05, 4.69) is 16.4 Å². The van der Waals surface area contributed by atoms with Crippen molar-refractivity contribution < 1.29 is 18.7 Å². The van der Waals surface area contributed by atoms with Gasteiger partial charge in [0.25, 0.3) is 0 Å². The summed E-state index contributed by atoms with van der Waals surface area (Å²) < 4.78 is 19.2. The van der Waals surface area contributed by atoms with Crippen molar-refractivity contribution >= 4 is 28.5 Å². The number of carbonyl (C=O) groups is 2. The van der Waals surface area contributed by atoms with E-state index in [4.69, 9.17) is 4.74 Å². The zero-order valence-corrected chi connectivity index (χ0v) is 23.3. The van der Waals surface area contributed by atoms with E-state index in [0.29, 0.717) is 44.1 Å². The molecule has 210 valence electrons. The van der Waals surface area contributed by atoms with Crippen molar-refractivity contribution in [1.29, 1.82) is 0 Å². The first-order valence-electron chi connectivity index (χ1n) is 13.7. The average molecular weight is 545 g/mol. The number of anilines is 1. The first kappa shape index (κ1) is 28.7. The van der Waals surface area contributed by atoms with Gasteiger partial charge in [-0.25, -0.2) is 9.18 Å². The number of rotatable bonds is 12. The third-order valence-electron chi connectivity index (χ3n) is 6.59. The summed E-state index contributed by atoms with van der Waals surface area (Å²) in [5.41, 5.74) is 3.52. The molecule has 0 aliphatic rings. The minimum atomic E-state index is -0.368. The van der Waals surface area contributed by atoms with Gasteiger partial charge in [-0.05, 0) is 60.7 Å². The Morgan fingerprint density at radius 3 is 2.45 bits per heavy atom. The molecule has 1 heterocycles. The molecule has 0 fully saturated rings. The van der Waals surface area contributed by atoms with E-state index in [1.54, 1.807) is 34.1 Å². The van der Waals surface area contributed by atoms with Crippen LogP contribution in [0.4, 0.5) is 14.9 Å². The number of aromatic amines is 1. The van der Waals surface area contributed by atoms with Crippen LogP contribution in [0.5, 0.6) is 5.75 Å². The number of hydrogen-bond acceptors (Lipinski definition) is 3. The topological polar surface area (TPSA) is 77.7 Å². The number of ether oxygens (including phenoxy) is 1. The average Bonchev–Trinajstić information content (AvgIpc) is 3.35. The van der Waals surface area contributed by atoms with Gasteiger partial charge < -0.3 is 24.8 Å². The van der Waals surface area contributed by atoms with Gasteiger partial charge in [-0.2, -0.15) is 0 Å². The summed E-state index contributed by atoms with van der Waals surface area (Å²) in [6.45, 7) is 7.44. The summed E-state index contributed by atoms with van der Waals surface area (Å²) >= 11 is 0. The van der Waals surface area contributed by atoms with E-state index in [1.807, 2.05) is 57.3 Å². The lowest BCUT2D eigenvalue weighted by Gasteiger charge is -2.29. The van der Waals surface area contributed by atoms with E-state index in [1.165, 1.54) is 12.1 Å². The van der Waals surface area contributed by atoms with Crippen molar-refractivity contribution in [2.75, 3.05) is 31.6 Å². The molecule has 0 radical (unpaired) electrons. The van der Waals surface area contributed by atoms with Crippen molar-refractivity contribution in [2.24, 2.45) is 5.92 Å². The quantitative estimate of drug-likeness (QED) is 0.215. The van der Waals surface area contributed by atoms with Gasteiger partial charge in [0, 0.05) is 36.7 Å². The van der Waals surface area contributed by atoms with Crippen LogP contribution < -0.4 is 10.1 Å². The van der Waals surface area contributed by atoms with Crippen LogP contribution in [0.15, 0.2) is 79.0 Å². The second-order valence-electron chi connectivity index (χ2n) is 10.2. The van der Waals surface area contributed by atoms with Crippen LogP contribution in [0.2, 0.25) is 0 Å². The molecule has 3 amide bonds. The molecule has 0 atom stereocenters. The van der Waals surface area contributed by atoms with Gasteiger partial charge in [-0.15, -0.1) is 0 Å². The Morgan fingerprint density at radius 2 is 1.70 bits per heavy atom. The van der Waals surface area contributed by atoms with Gasteiger partial charge in [-0.1, -0.05) is 56.3 Å². The Kier molecular flexibility index (Phi) is 9.78. The van der Waals surface area contributed by atoms with Crippen LogP contribution in [0.3, 0.4) is 0 Å². The summed E-state index contributed by atoms with van der Waals surface area (Å²) in [7, 11) is 0. The van der Waals surface area contributed by atoms with Gasteiger partial charge in [0.15, 0.2) is 0 Å².